The fourth-order valence-corrected chi connectivity index (χ4v) is 7.37. The Labute approximate surface area is 275 Å². The van der Waals surface area contributed by atoms with Gasteiger partial charge in [0.15, 0.2) is 32.4 Å². The fourth-order valence-electron chi connectivity index (χ4n) is 5.42. The van der Waals surface area contributed by atoms with Gasteiger partial charge in [-0.15, -0.1) is 13.2 Å². The molecule has 5 rings (SSSR count). The van der Waals surface area contributed by atoms with Crippen LogP contribution in [-0.4, -0.2) is 75.5 Å². The molecule has 2 saturated heterocycles. The van der Waals surface area contributed by atoms with Crippen LogP contribution in [0.25, 0.3) is 0 Å². The van der Waals surface area contributed by atoms with Crippen LogP contribution < -0.4 is 24.8 Å². The Hall–Kier alpha value is -4.66. The van der Waals surface area contributed by atoms with E-state index >= 15 is 0 Å². The molecule has 1 N–H and O–H groups in total. The minimum Gasteiger partial charge on any atom is -0.457 e. The molecule has 1 atom stereocenters. The van der Waals surface area contributed by atoms with E-state index in [1.54, 1.807) is 23.9 Å². The number of nitrogens with one attached hydrogen (secondary N) is 1. The van der Waals surface area contributed by atoms with E-state index in [1.165, 1.54) is 42.6 Å². The average Bonchev–Trinajstić information content (AvgIpc) is 3.07. The number of alkyl halides is 3. The molecule has 2 aliphatic rings. The molecule has 0 saturated carbocycles. The number of nitrogens with zero attached hydrogens (tertiary/aromatic N) is 5. The zero-order chi connectivity index (χ0) is 34.5. The van der Waals surface area contributed by atoms with E-state index in [0.29, 0.717) is 24.7 Å². The molecule has 3 aromatic rings. The van der Waals surface area contributed by atoms with Crippen molar-refractivity contribution in [3.05, 3.63) is 60.4 Å². The van der Waals surface area contributed by atoms with Crippen LogP contribution in [0.5, 0.6) is 17.2 Å². The van der Waals surface area contributed by atoms with Crippen molar-refractivity contribution in [2.75, 3.05) is 43.6 Å². The summed E-state index contributed by atoms with van der Waals surface area (Å²) in [5, 5.41) is 9.59. The van der Waals surface area contributed by atoms with Crippen molar-refractivity contribution in [3.8, 4) is 23.3 Å². The second-order valence-electron chi connectivity index (χ2n) is 11.3. The van der Waals surface area contributed by atoms with Gasteiger partial charge in [0.05, 0.1) is 11.1 Å². The second kappa shape index (κ2) is 14.2. The van der Waals surface area contributed by atoms with Crippen LogP contribution in [0, 0.1) is 11.3 Å². The number of amides is 1. The van der Waals surface area contributed by atoms with Crippen molar-refractivity contribution in [2.45, 2.75) is 54.4 Å². The number of hydrogen-bond acceptors (Lipinski definition) is 12. The lowest BCUT2D eigenvalue weighted by Crippen LogP contribution is -2.58. The molecule has 1 aromatic heterocycles. The number of carbonyl (C=O) groups excluding carboxylic acids is 1. The first kappa shape index (κ1) is 34.7. The summed E-state index contributed by atoms with van der Waals surface area (Å²) in [4.78, 5) is 31.3. The van der Waals surface area contributed by atoms with E-state index in [-0.39, 0.29) is 48.0 Å². The molecule has 2 aliphatic heterocycles. The van der Waals surface area contributed by atoms with Crippen LogP contribution in [-0.2, 0) is 24.2 Å². The third kappa shape index (κ3) is 7.72. The van der Waals surface area contributed by atoms with Gasteiger partial charge >= 0.3 is 6.36 Å². The molecule has 0 bridgehead atoms. The molecule has 0 aliphatic carbocycles. The van der Waals surface area contributed by atoms with E-state index in [0.717, 1.165) is 25.0 Å². The highest BCUT2D eigenvalue weighted by molar-refractivity contribution is 7.93. The van der Waals surface area contributed by atoms with Crippen molar-refractivity contribution in [2.24, 2.45) is 0 Å². The Morgan fingerprint density at radius 3 is 2.25 bits per heavy atom. The Bertz CT molecular complexity index is 1740. The van der Waals surface area contributed by atoms with Crippen LogP contribution in [0.1, 0.15) is 37.8 Å². The zero-order valence-electron chi connectivity index (χ0n) is 26.1. The fraction of sp³-hybridized carbons (Fsp3) is 0.419. The standard InChI is InChI=1S/C31H33F3N6O7S/c1-39(2)28-25(19-35)37-26(20-36-28)40-16-14-30(15-17-40,29(41)38-47-27-5-3-4-18-44-27)48(42,43)24-12-10-22(11-13-24)45-21-6-8-23(9-7-21)46-31(32,33)34/h6-13,20,27H,3-5,14-18H2,1-2H3,(H,38,41). The number of sulfone groups is 1. The van der Waals surface area contributed by atoms with Crippen molar-refractivity contribution in [1.29, 1.82) is 5.26 Å². The number of hydrogen-bond donors (Lipinski definition) is 1. The van der Waals surface area contributed by atoms with Crippen molar-refractivity contribution in [1.82, 2.24) is 15.4 Å². The summed E-state index contributed by atoms with van der Waals surface area (Å²) in [7, 11) is -0.892. The Morgan fingerprint density at radius 1 is 1.06 bits per heavy atom. The summed E-state index contributed by atoms with van der Waals surface area (Å²) in [5.74, 6) is -0.117. The van der Waals surface area contributed by atoms with Crippen molar-refractivity contribution >= 4 is 27.4 Å². The summed E-state index contributed by atoms with van der Waals surface area (Å²) >= 11 is 0. The molecular weight excluding hydrogens is 657 g/mol. The van der Waals surface area contributed by atoms with Gasteiger partial charge in [0.25, 0.3) is 5.91 Å². The number of benzene rings is 2. The summed E-state index contributed by atoms with van der Waals surface area (Å²) in [5.41, 5.74) is 2.46. The van der Waals surface area contributed by atoms with Crippen LogP contribution >= 0.6 is 0 Å². The first-order valence-electron chi connectivity index (χ1n) is 15.0. The summed E-state index contributed by atoms with van der Waals surface area (Å²) in [6.07, 6.45) is -2.10. The van der Waals surface area contributed by atoms with Gasteiger partial charge < -0.3 is 24.0 Å². The van der Waals surface area contributed by atoms with E-state index in [1.807, 2.05) is 6.07 Å². The number of hydroxylamine groups is 1. The van der Waals surface area contributed by atoms with Gasteiger partial charge in [0, 0.05) is 40.2 Å². The molecule has 1 unspecified atom stereocenters. The monoisotopic (exact) mass is 690 g/mol. The highest BCUT2D eigenvalue weighted by Crippen LogP contribution is 2.38. The van der Waals surface area contributed by atoms with E-state index in [2.05, 4.69) is 20.2 Å². The normalized spacial score (nSPS) is 18.0. The van der Waals surface area contributed by atoms with Gasteiger partial charge in [-0.3, -0.25) is 4.79 Å². The minimum atomic E-state index is -4.84. The lowest BCUT2D eigenvalue weighted by Gasteiger charge is -2.40. The number of rotatable bonds is 10. The molecule has 13 nitrogen and oxygen atoms in total. The first-order chi connectivity index (χ1) is 22.8. The summed E-state index contributed by atoms with van der Waals surface area (Å²) in [6, 6.07) is 12.1. The SMILES string of the molecule is CN(C)c1ncc(N2CCC(C(=O)NOC3CCCCO3)(S(=O)(=O)c3ccc(Oc4ccc(OC(F)(F)F)cc4)cc3)CC2)nc1C#N. The number of halogens is 3. The van der Waals surface area contributed by atoms with E-state index < -0.39 is 38.9 Å². The maximum Gasteiger partial charge on any atom is 0.573 e. The van der Waals surface area contributed by atoms with E-state index in [4.69, 9.17) is 14.3 Å². The van der Waals surface area contributed by atoms with Gasteiger partial charge in [-0.1, -0.05) is 0 Å². The van der Waals surface area contributed by atoms with E-state index in [9.17, 15) is 31.6 Å². The zero-order valence-corrected chi connectivity index (χ0v) is 26.9. The average molecular weight is 691 g/mol. The van der Waals surface area contributed by atoms with Crippen LogP contribution in [0.3, 0.4) is 0 Å². The molecular formula is C31H33F3N6O7S. The van der Waals surface area contributed by atoms with Crippen LogP contribution in [0.15, 0.2) is 59.6 Å². The first-order valence-corrected chi connectivity index (χ1v) is 16.5. The topological polar surface area (TPSA) is 156 Å². The number of anilines is 2. The highest BCUT2D eigenvalue weighted by Gasteiger charge is 2.53. The maximum atomic E-state index is 14.3. The van der Waals surface area contributed by atoms with Crippen LogP contribution in [0.4, 0.5) is 24.8 Å². The quantitative estimate of drug-likeness (QED) is 0.298. The minimum absolute atomic E-state index is 0.0999. The highest BCUT2D eigenvalue weighted by atomic mass is 32.2. The molecule has 256 valence electrons. The number of aromatic nitrogens is 2. The molecule has 17 heteroatoms. The second-order valence-corrected chi connectivity index (χ2v) is 13.6. The van der Waals surface area contributed by atoms with Crippen molar-refractivity contribution < 1.29 is 45.4 Å². The third-order valence-corrected chi connectivity index (χ3v) is 10.5. The third-order valence-electron chi connectivity index (χ3n) is 7.94. The largest absolute Gasteiger partial charge is 0.573 e. The van der Waals surface area contributed by atoms with Crippen molar-refractivity contribution in [3.63, 3.8) is 0 Å². The van der Waals surface area contributed by atoms with Gasteiger partial charge in [-0.05, 0) is 74.2 Å². The molecule has 1 amide bonds. The van der Waals surface area contributed by atoms with Crippen LogP contribution in [0.2, 0.25) is 0 Å². The number of ether oxygens (including phenoxy) is 3. The smallest absolute Gasteiger partial charge is 0.457 e. The lowest BCUT2D eigenvalue weighted by atomic mass is 9.95. The number of nitriles is 1. The summed E-state index contributed by atoms with van der Waals surface area (Å²) < 4.78 is 79.1. The Balaban J connectivity index is 1.36. The number of piperidine rings is 1. The predicted molar refractivity (Wildman–Crippen MR) is 165 cm³/mol. The summed E-state index contributed by atoms with van der Waals surface area (Å²) in [6.45, 7) is 0.655. The molecule has 2 aromatic carbocycles. The Kier molecular flexibility index (Phi) is 10.3. The molecule has 0 spiro atoms. The lowest BCUT2D eigenvalue weighted by molar-refractivity contribution is -0.274. The Morgan fingerprint density at radius 2 is 1.69 bits per heavy atom. The van der Waals surface area contributed by atoms with Gasteiger partial charge in [-0.25, -0.2) is 28.7 Å². The molecule has 3 heterocycles. The molecule has 48 heavy (non-hydrogen) atoms. The number of carbonyl (C=O) groups is 1. The molecule has 2 fully saturated rings. The predicted octanol–water partition coefficient (Wildman–Crippen LogP) is 4.49. The van der Waals surface area contributed by atoms with Gasteiger partial charge in [0.1, 0.15) is 29.1 Å². The maximum absolute atomic E-state index is 14.3. The molecule has 0 radical (unpaired) electrons. The van der Waals surface area contributed by atoms with Gasteiger partial charge in [0.2, 0.25) is 0 Å². The van der Waals surface area contributed by atoms with Gasteiger partial charge in [-0.2, -0.15) is 5.26 Å².